The Kier molecular flexibility index (Phi) is 4.44. The Balaban J connectivity index is 1.55. The monoisotopic (exact) mass is 455 g/mol. The topological polar surface area (TPSA) is 105 Å². The number of amidine groups is 1. The van der Waals surface area contributed by atoms with Gasteiger partial charge in [0.25, 0.3) is 6.02 Å². The number of methoxy groups -OCH3 is 1. The summed E-state index contributed by atoms with van der Waals surface area (Å²) in [5.74, 6) is 1.06. The SMILES string of the molecule is COc1ncccc1-c1ccc2c(c1)[C@@]1(COC(N)=N1)c1cc(-c3ccnc(F)c3)ncc1O2. The molecule has 0 saturated carbocycles. The van der Waals surface area contributed by atoms with Crippen LogP contribution in [0.5, 0.6) is 17.4 Å². The number of aromatic nitrogens is 3. The summed E-state index contributed by atoms with van der Waals surface area (Å²) in [6.07, 6.45) is 4.68. The molecule has 1 atom stereocenters. The molecule has 8 nitrogen and oxygen atoms in total. The maximum Gasteiger partial charge on any atom is 0.283 e. The van der Waals surface area contributed by atoms with Crippen LogP contribution in [0, 0.1) is 5.95 Å². The maximum absolute atomic E-state index is 13.8. The van der Waals surface area contributed by atoms with Crippen molar-refractivity contribution in [3.63, 3.8) is 0 Å². The Morgan fingerprint density at radius 2 is 1.85 bits per heavy atom. The summed E-state index contributed by atoms with van der Waals surface area (Å²) in [7, 11) is 1.58. The molecule has 0 radical (unpaired) electrons. The molecule has 2 aliphatic rings. The van der Waals surface area contributed by atoms with Crippen LogP contribution < -0.4 is 15.2 Å². The van der Waals surface area contributed by atoms with Gasteiger partial charge < -0.3 is 19.9 Å². The van der Waals surface area contributed by atoms with Crippen molar-refractivity contribution in [1.29, 1.82) is 0 Å². The van der Waals surface area contributed by atoms with Gasteiger partial charge in [-0.25, -0.2) is 15.0 Å². The van der Waals surface area contributed by atoms with E-state index in [4.69, 9.17) is 24.9 Å². The smallest absolute Gasteiger partial charge is 0.283 e. The first-order valence-corrected chi connectivity index (χ1v) is 10.5. The lowest BCUT2D eigenvalue weighted by molar-refractivity contribution is 0.264. The molecular weight excluding hydrogens is 437 g/mol. The first-order chi connectivity index (χ1) is 16.6. The molecule has 168 valence electrons. The molecule has 0 aliphatic carbocycles. The summed E-state index contributed by atoms with van der Waals surface area (Å²) in [4.78, 5) is 17.1. The third-order valence-electron chi connectivity index (χ3n) is 5.99. The van der Waals surface area contributed by atoms with Gasteiger partial charge in [0.15, 0.2) is 11.3 Å². The molecule has 3 aromatic heterocycles. The number of rotatable bonds is 3. The van der Waals surface area contributed by atoms with Crippen LogP contribution in [0.1, 0.15) is 11.1 Å². The fourth-order valence-corrected chi connectivity index (χ4v) is 4.42. The molecular formula is C25H18FN5O3. The highest BCUT2D eigenvalue weighted by molar-refractivity contribution is 5.79. The molecule has 34 heavy (non-hydrogen) atoms. The Bertz CT molecular complexity index is 1470. The Labute approximate surface area is 193 Å². The quantitative estimate of drug-likeness (QED) is 0.465. The van der Waals surface area contributed by atoms with E-state index in [1.807, 2.05) is 36.4 Å². The van der Waals surface area contributed by atoms with E-state index < -0.39 is 11.5 Å². The lowest BCUT2D eigenvalue weighted by atomic mass is 9.80. The Hall–Kier alpha value is -4.53. The summed E-state index contributed by atoms with van der Waals surface area (Å²) in [5, 5.41) is 0. The standard InChI is InChI=1S/C25H18FN5O3/c1-32-23-16(3-2-7-29-23)14-4-5-20-17(9-14)25(13-33-24(27)31-25)18-11-19(30-12-21(18)34-20)15-6-8-28-22(26)10-15/h2-12H,13H2,1H3,(H2,27,31)/t25-/m0/s1. The molecule has 9 heteroatoms. The second-order valence-corrected chi connectivity index (χ2v) is 7.91. The number of benzene rings is 1. The van der Waals surface area contributed by atoms with E-state index in [1.54, 1.807) is 25.6 Å². The number of fused-ring (bicyclic) bond motifs is 4. The van der Waals surface area contributed by atoms with Gasteiger partial charge in [-0.15, -0.1) is 0 Å². The number of ether oxygens (including phenoxy) is 3. The zero-order valence-corrected chi connectivity index (χ0v) is 18.0. The summed E-state index contributed by atoms with van der Waals surface area (Å²) < 4.78 is 31.1. The summed E-state index contributed by atoms with van der Waals surface area (Å²) in [6.45, 7) is 0.185. The molecule has 5 heterocycles. The van der Waals surface area contributed by atoms with Crippen LogP contribution in [0.15, 0.2) is 72.1 Å². The third-order valence-corrected chi connectivity index (χ3v) is 5.99. The summed E-state index contributed by atoms with van der Waals surface area (Å²) >= 11 is 0. The normalized spacial score (nSPS) is 17.9. The number of hydrogen-bond donors (Lipinski definition) is 1. The highest BCUT2D eigenvalue weighted by Gasteiger charge is 2.47. The van der Waals surface area contributed by atoms with E-state index in [9.17, 15) is 4.39 Å². The number of pyridine rings is 3. The number of hydrogen-bond acceptors (Lipinski definition) is 8. The van der Waals surface area contributed by atoms with Gasteiger partial charge in [0.2, 0.25) is 11.8 Å². The second kappa shape index (κ2) is 7.51. The first kappa shape index (κ1) is 20.1. The molecule has 0 fully saturated rings. The molecule has 2 N–H and O–H groups in total. The largest absolute Gasteiger partial charge is 0.481 e. The van der Waals surface area contributed by atoms with Crippen LogP contribution in [-0.2, 0) is 10.3 Å². The van der Waals surface area contributed by atoms with E-state index >= 15 is 0 Å². The molecule has 1 aromatic carbocycles. The van der Waals surface area contributed by atoms with Gasteiger partial charge >= 0.3 is 0 Å². The van der Waals surface area contributed by atoms with Crippen molar-refractivity contribution in [2.45, 2.75) is 5.54 Å². The van der Waals surface area contributed by atoms with Crippen LogP contribution >= 0.6 is 0 Å². The van der Waals surface area contributed by atoms with E-state index in [1.165, 1.54) is 12.3 Å². The van der Waals surface area contributed by atoms with Gasteiger partial charge in [-0.05, 0) is 42.0 Å². The van der Waals surface area contributed by atoms with Crippen molar-refractivity contribution in [1.82, 2.24) is 15.0 Å². The highest BCUT2D eigenvalue weighted by atomic mass is 19.1. The molecule has 6 rings (SSSR count). The van der Waals surface area contributed by atoms with Crippen LogP contribution in [0.3, 0.4) is 0 Å². The van der Waals surface area contributed by atoms with E-state index in [-0.39, 0.29) is 12.6 Å². The molecule has 0 bridgehead atoms. The molecule has 1 spiro atoms. The van der Waals surface area contributed by atoms with Gasteiger partial charge in [0.1, 0.15) is 12.4 Å². The maximum atomic E-state index is 13.8. The number of nitrogens with zero attached hydrogens (tertiary/aromatic N) is 4. The second-order valence-electron chi connectivity index (χ2n) is 7.91. The van der Waals surface area contributed by atoms with Crippen molar-refractivity contribution >= 4 is 6.02 Å². The zero-order valence-electron chi connectivity index (χ0n) is 18.0. The van der Waals surface area contributed by atoms with Crippen LogP contribution in [0.2, 0.25) is 0 Å². The minimum atomic E-state index is -0.957. The fraction of sp³-hybridized carbons (Fsp3) is 0.120. The highest BCUT2D eigenvalue weighted by Crippen LogP contribution is 2.52. The van der Waals surface area contributed by atoms with E-state index in [2.05, 4.69) is 15.0 Å². The predicted molar refractivity (Wildman–Crippen MR) is 122 cm³/mol. The summed E-state index contributed by atoms with van der Waals surface area (Å²) in [5.41, 5.74) is 9.38. The van der Waals surface area contributed by atoms with Crippen molar-refractivity contribution in [3.8, 4) is 39.8 Å². The first-order valence-electron chi connectivity index (χ1n) is 10.5. The lowest BCUT2D eigenvalue weighted by Crippen LogP contribution is -2.31. The van der Waals surface area contributed by atoms with Crippen LogP contribution in [-0.4, -0.2) is 34.7 Å². The Morgan fingerprint density at radius 3 is 2.65 bits per heavy atom. The van der Waals surface area contributed by atoms with E-state index in [0.29, 0.717) is 28.6 Å². The molecule has 0 unspecified atom stereocenters. The third kappa shape index (κ3) is 3.05. The number of nitrogens with two attached hydrogens (primary N) is 1. The average molecular weight is 455 g/mol. The van der Waals surface area contributed by atoms with Crippen LogP contribution in [0.25, 0.3) is 22.4 Å². The average Bonchev–Trinajstić information content (AvgIpc) is 3.26. The molecule has 0 amide bonds. The lowest BCUT2D eigenvalue weighted by Gasteiger charge is -2.33. The van der Waals surface area contributed by atoms with Gasteiger partial charge in [0.05, 0.1) is 19.0 Å². The van der Waals surface area contributed by atoms with E-state index in [0.717, 1.165) is 22.3 Å². The zero-order chi connectivity index (χ0) is 23.3. The van der Waals surface area contributed by atoms with Gasteiger partial charge in [-0.2, -0.15) is 4.39 Å². The minimum Gasteiger partial charge on any atom is -0.481 e. The van der Waals surface area contributed by atoms with Crippen LogP contribution in [0.4, 0.5) is 4.39 Å². The predicted octanol–water partition coefficient (Wildman–Crippen LogP) is 4.05. The van der Waals surface area contributed by atoms with Crippen molar-refractivity contribution < 1.29 is 18.6 Å². The van der Waals surface area contributed by atoms with Gasteiger partial charge in [-0.3, -0.25) is 4.98 Å². The Morgan fingerprint density at radius 1 is 0.971 bits per heavy atom. The minimum absolute atomic E-state index is 0.0801. The van der Waals surface area contributed by atoms with Gasteiger partial charge in [-0.1, -0.05) is 6.07 Å². The van der Waals surface area contributed by atoms with Crippen molar-refractivity contribution in [2.75, 3.05) is 13.7 Å². The molecule has 2 aliphatic heterocycles. The molecule has 4 aromatic rings. The number of aliphatic imine (C=N–C) groups is 1. The van der Waals surface area contributed by atoms with Crippen molar-refractivity contribution in [2.24, 2.45) is 10.7 Å². The molecule has 0 saturated heterocycles. The van der Waals surface area contributed by atoms with Gasteiger partial charge in [0, 0.05) is 40.7 Å². The fourth-order valence-electron chi connectivity index (χ4n) is 4.42. The van der Waals surface area contributed by atoms with Crippen molar-refractivity contribution in [3.05, 3.63) is 84.2 Å². The summed E-state index contributed by atoms with van der Waals surface area (Å²) in [6, 6.07) is 14.5. The number of halogens is 1.